The number of halogens is 1. The summed E-state index contributed by atoms with van der Waals surface area (Å²) < 4.78 is 6.40. The maximum Gasteiger partial charge on any atom is 0.253 e. The molecule has 2 amide bonds. The van der Waals surface area contributed by atoms with Gasteiger partial charge in [0.25, 0.3) is 5.91 Å². The Kier molecular flexibility index (Phi) is 7.74. The number of hydrogen-bond donors (Lipinski definition) is 2. The number of aromatic nitrogens is 2. The first-order valence-electron chi connectivity index (χ1n) is 11.4. The molecule has 0 saturated carbocycles. The maximum atomic E-state index is 12.9. The van der Waals surface area contributed by atoms with Crippen LogP contribution in [0.4, 0.5) is 5.69 Å². The second kappa shape index (κ2) is 10.9. The molecule has 0 radical (unpaired) electrons. The van der Waals surface area contributed by atoms with Crippen molar-refractivity contribution in [1.82, 2.24) is 20.4 Å². The Bertz CT molecular complexity index is 1150. The summed E-state index contributed by atoms with van der Waals surface area (Å²) in [6, 6.07) is 14.9. The van der Waals surface area contributed by atoms with E-state index < -0.39 is 0 Å². The van der Waals surface area contributed by atoms with E-state index in [-0.39, 0.29) is 23.8 Å². The maximum absolute atomic E-state index is 12.9. The van der Waals surface area contributed by atoms with Gasteiger partial charge in [-0.1, -0.05) is 45.4 Å². The number of carbonyl (C=O) groups is 2. The fourth-order valence-electron chi connectivity index (χ4n) is 3.97. The zero-order valence-corrected chi connectivity index (χ0v) is 20.8. The molecule has 0 spiro atoms. The van der Waals surface area contributed by atoms with Crippen molar-refractivity contribution in [2.24, 2.45) is 5.92 Å². The van der Waals surface area contributed by atoms with Gasteiger partial charge in [0.2, 0.25) is 17.6 Å². The second-order valence-corrected chi connectivity index (χ2v) is 9.65. The quantitative estimate of drug-likeness (QED) is 0.471. The highest BCUT2D eigenvalue weighted by Crippen LogP contribution is 2.24. The molecule has 8 nitrogen and oxygen atoms in total. The molecule has 0 atom stereocenters. The lowest BCUT2D eigenvalue weighted by atomic mass is 9.95. The molecule has 34 heavy (non-hydrogen) atoms. The van der Waals surface area contributed by atoms with Crippen LogP contribution in [0.5, 0.6) is 0 Å². The van der Waals surface area contributed by atoms with Crippen LogP contribution in [0.1, 0.15) is 42.9 Å². The number of rotatable bonds is 7. The summed E-state index contributed by atoms with van der Waals surface area (Å²) >= 11 is 3.46. The second-order valence-electron chi connectivity index (χ2n) is 8.74. The zero-order chi connectivity index (χ0) is 24.1. The van der Waals surface area contributed by atoms with Gasteiger partial charge >= 0.3 is 0 Å². The largest absolute Gasteiger partial charge is 0.350 e. The summed E-state index contributed by atoms with van der Waals surface area (Å²) in [5, 5.41) is 9.93. The van der Waals surface area contributed by atoms with Crippen molar-refractivity contribution in [3.8, 4) is 11.4 Å². The van der Waals surface area contributed by atoms with Crippen LogP contribution in [0.2, 0.25) is 0 Å². The average molecular weight is 526 g/mol. The number of carbonyl (C=O) groups excluding carboxylic acids is 2. The highest BCUT2D eigenvalue weighted by Gasteiger charge is 2.27. The number of amides is 2. The summed E-state index contributed by atoms with van der Waals surface area (Å²) in [6.07, 6.45) is 1.44. The van der Waals surface area contributed by atoms with Crippen LogP contribution >= 0.6 is 15.9 Å². The van der Waals surface area contributed by atoms with Crippen molar-refractivity contribution in [1.29, 1.82) is 0 Å². The van der Waals surface area contributed by atoms with Gasteiger partial charge in [0.1, 0.15) is 0 Å². The first kappa shape index (κ1) is 24.1. The lowest BCUT2D eigenvalue weighted by molar-refractivity contribution is -0.121. The first-order valence-corrected chi connectivity index (χ1v) is 12.2. The van der Waals surface area contributed by atoms with Gasteiger partial charge in [0.05, 0.1) is 17.8 Å². The molecule has 1 aromatic heterocycles. The lowest BCUT2D eigenvalue weighted by Crippen LogP contribution is -2.38. The first-order chi connectivity index (χ1) is 16.4. The lowest BCUT2D eigenvalue weighted by Gasteiger charge is -2.30. The van der Waals surface area contributed by atoms with Crippen LogP contribution in [0, 0.1) is 5.92 Å². The van der Waals surface area contributed by atoms with E-state index in [4.69, 9.17) is 4.52 Å². The Balaban J connectivity index is 1.31. The Morgan fingerprint density at radius 3 is 2.65 bits per heavy atom. The summed E-state index contributed by atoms with van der Waals surface area (Å²) in [7, 11) is 0. The van der Waals surface area contributed by atoms with Gasteiger partial charge in [0.15, 0.2) is 0 Å². The van der Waals surface area contributed by atoms with Crippen molar-refractivity contribution in [3.63, 3.8) is 0 Å². The van der Waals surface area contributed by atoms with Crippen LogP contribution in [0.3, 0.4) is 0 Å². The summed E-state index contributed by atoms with van der Waals surface area (Å²) in [5.74, 6) is 0.757. The van der Waals surface area contributed by atoms with Gasteiger partial charge in [-0.2, -0.15) is 4.98 Å². The van der Waals surface area contributed by atoms with E-state index in [1.165, 1.54) is 0 Å². The topological polar surface area (TPSA) is 100 Å². The van der Waals surface area contributed by atoms with Crippen molar-refractivity contribution in [3.05, 3.63) is 64.5 Å². The van der Waals surface area contributed by atoms with Crippen molar-refractivity contribution in [2.75, 3.05) is 18.4 Å². The molecule has 1 saturated heterocycles. The van der Waals surface area contributed by atoms with Gasteiger partial charge in [-0.25, -0.2) is 0 Å². The van der Waals surface area contributed by atoms with E-state index in [0.29, 0.717) is 29.5 Å². The van der Waals surface area contributed by atoms with Crippen LogP contribution in [-0.2, 0) is 11.3 Å². The number of piperidine rings is 1. The monoisotopic (exact) mass is 525 g/mol. The molecule has 1 aliphatic heterocycles. The van der Waals surface area contributed by atoms with Gasteiger partial charge in [-0.05, 0) is 64.0 Å². The molecule has 0 unspecified atom stereocenters. The number of benzene rings is 2. The minimum atomic E-state index is -0.192. The van der Waals surface area contributed by atoms with E-state index in [1.54, 1.807) is 18.2 Å². The molecular formula is C25H28BrN5O3. The molecule has 0 bridgehead atoms. The molecule has 3 aromatic rings. The number of nitrogens with zero attached hydrogens (tertiary/aromatic N) is 3. The summed E-state index contributed by atoms with van der Waals surface area (Å²) in [4.78, 5) is 32.1. The third-order valence-corrected chi connectivity index (χ3v) is 6.21. The third-order valence-electron chi connectivity index (χ3n) is 5.72. The van der Waals surface area contributed by atoms with Gasteiger partial charge in [-0.15, -0.1) is 0 Å². The summed E-state index contributed by atoms with van der Waals surface area (Å²) in [5.41, 5.74) is 1.90. The minimum absolute atomic E-state index is 0.0186. The molecule has 4 rings (SSSR count). The SMILES string of the molecule is CC(C)NC(=O)c1ccccc1NC(=O)C1CCN(Cc2nc(-c3cccc(Br)c3)no2)CC1. The molecule has 1 aliphatic rings. The van der Waals surface area contributed by atoms with Gasteiger partial charge < -0.3 is 15.2 Å². The molecule has 178 valence electrons. The number of hydrogen-bond acceptors (Lipinski definition) is 6. The number of likely N-dealkylation sites (tertiary alicyclic amines) is 1. The Morgan fingerprint density at radius 1 is 1.15 bits per heavy atom. The van der Waals surface area contributed by atoms with E-state index in [9.17, 15) is 9.59 Å². The predicted molar refractivity (Wildman–Crippen MR) is 133 cm³/mol. The van der Waals surface area contributed by atoms with Crippen molar-refractivity contribution < 1.29 is 14.1 Å². The van der Waals surface area contributed by atoms with E-state index >= 15 is 0 Å². The van der Waals surface area contributed by atoms with Crippen molar-refractivity contribution >= 4 is 33.4 Å². The number of para-hydroxylation sites is 1. The average Bonchev–Trinajstić information content (AvgIpc) is 3.28. The normalized spacial score (nSPS) is 14.8. The molecule has 2 heterocycles. The van der Waals surface area contributed by atoms with E-state index in [0.717, 1.165) is 36.0 Å². The fraction of sp³-hybridized carbons (Fsp3) is 0.360. The number of anilines is 1. The Morgan fingerprint density at radius 2 is 1.91 bits per heavy atom. The van der Waals surface area contributed by atoms with Crippen LogP contribution < -0.4 is 10.6 Å². The predicted octanol–water partition coefficient (Wildman–Crippen LogP) is 4.49. The van der Waals surface area contributed by atoms with Crippen LogP contribution in [0.25, 0.3) is 11.4 Å². The minimum Gasteiger partial charge on any atom is -0.350 e. The Hall–Kier alpha value is -3.04. The van der Waals surface area contributed by atoms with E-state index in [2.05, 4.69) is 41.6 Å². The molecule has 2 N–H and O–H groups in total. The third kappa shape index (κ3) is 6.09. The molecule has 1 fully saturated rings. The molecular weight excluding hydrogens is 498 g/mol. The van der Waals surface area contributed by atoms with Gasteiger partial charge in [0, 0.05) is 22.0 Å². The fourth-order valence-corrected chi connectivity index (χ4v) is 4.37. The van der Waals surface area contributed by atoms with Gasteiger partial charge in [-0.3, -0.25) is 14.5 Å². The highest BCUT2D eigenvalue weighted by molar-refractivity contribution is 9.10. The smallest absolute Gasteiger partial charge is 0.253 e. The molecule has 9 heteroatoms. The van der Waals surface area contributed by atoms with Crippen molar-refractivity contribution in [2.45, 2.75) is 39.3 Å². The van der Waals surface area contributed by atoms with Crippen LogP contribution in [-0.4, -0.2) is 46.0 Å². The van der Waals surface area contributed by atoms with Crippen LogP contribution in [0.15, 0.2) is 57.5 Å². The summed E-state index contributed by atoms with van der Waals surface area (Å²) in [6.45, 7) is 5.86. The molecule has 2 aromatic carbocycles. The standard InChI is InChI=1S/C25H28BrN5O3/c1-16(2)27-25(33)20-8-3-4-9-21(20)28-24(32)17-10-12-31(13-11-17)15-22-29-23(30-34-22)18-6-5-7-19(26)14-18/h3-9,14,16-17H,10-13,15H2,1-2H3,(H,27,33)(H,28,32). The number of nitrogens with one attached hydrogen (secondary N) is 2. The Labute approximate surface area is 207 Å². The highest BCUT2D eigenvalue weighted by atomic mass is 79.9. The van der Waals surface area contributed by atoms with E-state index in [1.807, 2.05) is 44.2 Å². The molecule has 0 aliphatic carbocycles. The zero-order valence-electron chi connectivity index (χ0n) is 19.3.